The van der Waals surface area contributed by atoms with Crippen LogP contribution in [0, 0.1) is 6.92 Å². The Bertz CT molecular complexity index is 1340. The van der Waals surface area contributed by atoms with Crippen LogP contribution < -0.4 is 14.9 Å². The predicted octanol–water partition coefficient (Wildman–Crippen LogP) is 4.99. The summed E-state index contributed by atoms with van der Waals surface area (Å²) in [6.07, 6.45) is 1.44. The van der Waals surface area contributed by atoms with Crippen LogP contribution in [0.4, 0.5) is 5.95 Å². The summed E-state index contributed by atoms with van der Waals surface area (Å²) < 4.78 is 10.8. The van der Waals surface area contributed by atoms with Crippen LogP contribution in [0.3, 0.4) is 0 Å². The zero-order valence-electron chi connectivity index (χ0n) is 19.0. The molecule has 8 nitrogen and oxygen atoms in total. The lowest BCUT2D eigenvalue weighted by molar-refractivity contribution is 0.355. The first-order valence-corrected chi connectivity index (χ1v) is 10.5. The van der Waals surface area contributed by atoms with E-state index in [2.05, 4.69) is 20.5 Å². The number of phenols is 2. The minimum absolute atomic E-state index is 0.0149. The molecule has 8 heteroatoms. The first kappa shape index (κ1) is 22.6. The Kier molecular flexibility index (Phi) is 6.59. The van der Waals surface area contributed by atoms with Crippen molar-refractivity contribution in [3.63, 3.8) is 0 Å². The zero-order valence-corrected chi connectivity index (χ0v) is 19.0. The van der Waals surface area contributed by atoms with Crippen LogP contribution in [0.15, 0.2) is 71.8 Å². The van der Waals surface area contributed by atoms with Crippen LogP contribution in [0.2, 0.25) is 0 Å². The molecule has 0 unspecified atom stereocenters. The molecule has 0 bridgehead atoms. The third kappa shape index (κ3) is 4.75. The van der Waals surface area contributed by atoms with Gasteiger partial charge in [-0.3, -0.25) is 0 Å². The van der Waals surface area contributed by atoms with E-state index in [4.69, 9.17) is 9.47 Å². The molecule has 0 spiro atoms. The number of hydrogen-bond donors (Lipinski definition) is 3. The molecule has 3 aromatic carbocycles. The summed E-state index contributed by atoms with van der Waals surface area (Å²) >= 11 is 0. The maximum atomic E-state index is 10.2. The first-order chi connectivity index (χ1) is 16.5. The monoisotopic (exact) mass is 456 g/mol. The van der Waals surface area contributed by atoms with Crippen molar-refractivity contribution in [1.82, 2.24) is 9.97 Å². The molecule has 172 valence electrons. The number of nitrogens with zero attached hydrogens (tertiary/aromatic N) is 3. The zero-order chi connectivity index (χ0) is 24.1. The normalized spacial score (nSPS) is 10.9. The van der Waals surface area contributed by atoms with E-state index < -0.39 is 0 Å². The molecule has 4 rings (SSSR count). The van der Waals surface area contributed by atoms with Crippen molar-refractivity contribution in [3.8, 4) is 45.5 Å². The van der Waals surface area contributed by atoms with Gasteiger partial charge in [0.25, 0.3) is 0 Å². The number of hydrogen-bond acceptors (Lipinski definition) is 8. The fourth-order valence-electron chi connectivity index (χ4n) is 3.37. The summed E-state index contributed by atoms with van der Waals surface area (Å²) in [5.41, 5.74) is 6.78. The minimum atomic E-state index is -0.0458. The van der Waals surface area contributed by atoms with Gasteiger partial charge >= 0.3 is 0 Å². The Labute approximate surface area is 197 Å². The highest BCUT2D eigenvalue weighted by molar-refractivity contribution is 5.85. The maximum absolute atomic E-state index is 10.2. The molecule has 3 N–H and O–H groups in total. The number of methoxy groups -OCH3 is 2. The quantitative estimate of drug-likeness (QED) is 0.265. The third-order valence-corrected chi connectivity index (χ3v) is 5.28. The van der Waals surface area contributed by atoms with Crippen LogP contribution in [-0.2, 0) is 0 Å². The summed E-state index contributed by atoms with van der Waals surface area (Å²) in [6.45, 7) is 1.62. The summed E-state index contributed by atoms with van der Waals surface area (Å²) in [6, 6.07) is 20.3. The number of rotatable bonds is 7. The highest BCUT2D eigenvalue weighted by Gasteiger charge is 2.12. The van der Waals surface area contributed by atoms with Gasteiger partial charge in [-0.05, 0) is 43.3 Å². The number of aromatic hydroxyl groups is 2. The SMILES string of the molecule is COc1ccc(-c2cc(-c3ccccc3)nc(NN=Cc3ccc(O)c(C)c3O)n2)cc1OC. The van der Waals surface area contributed by atoms with E-state index in [0.29, 0.717) is 34.0 Å². The van der Waals surface area contributed by atoms with Crippen LogP contribution in [0.25, 0.3) is 22.5 Å². The van der Waals surface area contributed by atoms with Gasteiger partial charge in [-0.1, -0.05) is 30.3 Å². The van der Waals surface area contributed by atoms with Crippen LogP contribution in [-0.4, -0.2) is 40.6 Å². The van der Waals surface area contributed by atoms with Gasteiger partial charge in [-0.2, -0.15) is 5.10 Å². The van der Waals surface area contributed by atoms with Gasteiger partial charge in [0.15, 0.2) is 11.5 Å². The van der Waals surface area contributed by atoms with Crippen molar-refractivity contribution in [2.75, 3.05) is 19.6 Å². The Morgan fingerprint density at radius 3 is 2.24 bits per heavy atom. The van der Waals surface area contributed by atoms with E-state index in [1.54, 1.807) is 27.2 Å². The molecule has 0 amide bonds. The Hall–Kier alpha value is -4.59. The Balaban J connectivity index is 1.72. The van der Waals surface area contributed by atoms with E-state index in [0.717, 1.165) is 11.1 Å². The number of aromatic nitrogens is 2. The number of benzene rings is 3. The molecule has 0 aliphatic carbocycles. The smallest absolute Gasteiger partial charge is 0.244 e. The molecular formula is C26H24N4O4. The second kappa shape index (κ2) is 9.91. The lowest BCUT2D eigenvalue weighted by Gasteiger charge is -2.11. The third-order valence-electron chi connectivity index (χ3n) is 5.28. The predicted molar refractivity (Wildman–Crippen MR) is 132 cm³/mol. The molecular weight excluding hydrogens is 432 g/mol. The van der Waals surface area contributed by atoms with Gasteiger partial charge in [0, 0.05) is 22.3 Å². The van der Waals surface area contributed by atoms with E-state index in [1.165, 1.54) is 12.3 Å². The first-order valence-electron chi connectivity index (χ1n) is 10.5. The molecule has 0 atom stereocenters. The summed E-state index contributed by atoms with van der Waals surface area (Å²) in [5.74, 6) is 1.45. The lowest BCUT2D eigenvalue weighted by Crippen LogP contribution is -2.01. The van der Waals surface area contributed by atoms with Crippen LogP contribution in [0.1, 0.15) is 11.1 Å². The number of anilines is 1. The van der Waals surface area contributed by atoms with Crippen molar-refractivity contribution in [3.05, 3.63) is 77.9 Å². The average molecular weight is 457 g/mol. The number of phenolic OH excluding ortho intramolecular Hbond substituents is 2. The van der Waals surface area contributed by atoms with Crippen LogP contribution in [0.5, 0.6) is 23.0 Å². The molecule has 34 heavy (non-hydrogen) atoms. The second-order valence-corrected chi connectivity index (χ2v) is 7.42. The Morgan fingerprint density at radius 1 is 0.824 bits per heavy atom. The molecule has 1 aromatic heterocycles. The lowest BCUT2D eigenvalue weighted by atomic mass is 10.1. The minimum Gasteiger partial charge on any atom is -0.508 e. The molecule has 0 radical (unpaired) electrons. The second-order valence-electron chi connectivity index (χ2n) is 7.42. The topological polar surface area (TPSA) is 109 Å². The van der Waals surface area contributed by atoms with Gasteiger partial charge in [0.05, 0.1) is 31.8 Å². The van der Waals surface area contributed by atoms with Crippen LogP contribution >= 0.6 is 0 Å². The highest BCUT2D eigenvalue weighted by atomic mass is 16.5. The molecule has 1 heterocycles. The average Bonchev–Trinajstić information content (AvgIpc) is 2.88. The summed E-state index contributed by atoms with van der Waals surface area (Å²) in [4.78, 5) is 9.21. The van der Waals surface area contributed by atoms with Crippen molar-refractivity contribution < 1.29 is 19.7 Å². The van der Waals surface area contributed by atoms with E-state index in [9.17, 15) is 10.2 Å². The standard InChI is InChI=1S/C26H24N4O4/c1-16-22(31)11-9-19(25(16)32)15-27-30-26-28-20(17-7-5-4-6-8-17)14-21(29-26)18-10-12-23(33-2)24(13-18)34-3/h4-15,31-32H,1-3H3,(H,28,29,30). The largest absolute Gasteiger partial charge is 0.508 e. The summed E-state index contributed by atoms with van der Waals surface area (Å²) in [7, 11) is 3.17. The van der Waals surface area contributed by atoms with Crippen molar-refractivity contribution in [2.24, 2.45) is 5.10 Å². The van der Waals surface area contributed by atoms with E-state index >= 15 is 0 Å². The number of hydrazone groups is 1. The van der Waals surface area contributed by atoms with E-state index in [1.807, 2.05) is 54.6 Å². The molecule has 0 saturated carbocycles. The number of nitrogens with one attached hydrogen (secondary N) is 1. The summed E-state index contributed by atoms with van der Waals surface area (Å²) in [5, 5.41) is 24.1. The number of ether oxygens (including phenoxy) is 2. The maximum Gasteiger partial charge on any atom is 0.244 e. The van der Waals surface area contributed by atoms with Gasteiger partial charge in [-0.25, -0.2) is 15.4 Å². The highest BCUT2D eigenvalue weighted by Crippen LogP contribution is 2.33. The van der Waals surface area contributed by atoms with Gasteiger partial charge in [-0.15, -0.1) is 0 Å². The van der Waals surface area contributed by atoms with Crippen molar-refractivity contribution in [1.29, 1.82) is 0 Å². The fraction of sp³-hybridized carbons (Fsp3) is 0.115. The molecule has 0 aliphatic heterocycles. The molecule has 0 saturated heterocycles. The molecule has 0 aliphatic rings. The van der Waals surface area contributed by atoms with E-state index in [-0.39, 0.29) is 17.4 Å². The van der Waals surface area contributed by atoms with Gasteiger partial charge < -0.3 is 19.7 Å². The molecule has 4 aromatic rings. The molecule has 0 fully saturated rings. The Morgan fingerprint density at radius 2 is 1.53 bits per heavy atom. The van der Waals surface area contributed by atoms with Gasteiger partial charge in [0.2, 0.25) is 5.95 Å². The van der Waals surface area contributed by atoms with Gasteiger partial charge in [0.1, 0.15) is 11.5 Å². The van der Waals surface area contributed by atoms with Crippen molar-refractivity contribution >= 4 is 12.2 Å². The van der Waals surface area contributed by atoms with Crippen molar-refractivity contribution in [2.45, 2.75) is 6.92 Å². The fourth-order valence-corrected chi connectivity index (χ4v) is 3.37.